The highest BCUT2D eigenvalue weighted by Gasteiger charge is 2.04. The number of nitrogens with zero attached hydrogens (tertiary/aromatic N) is 2. The van der Waals surface area contributed by atoms with Crippen LogP contribution in [0.15, 0.2) is 42.7 Å². The van der Waals surface area contributed by atoms with Gasteiger partial charge in [0.05, 0.1) is 18.0 Å². The highest BCUT2D eigenvalue weighted by Crippen LogP contribution is 2.07. The zero-order chi connectivity index (χ0) is 12.8. The molecule has 5 heteroatoms. The van der Waals surface area contributed by atoms with Gasteiger partial charge in [0.2, 0.25) is 0 Å². The zero-order valence-electron chi connectivity index (χ0n) is 9.64. The van der Waals surface area contributed by atoms with E-state index in [0.29, 0.717) is 12.1 Å². The Balaban J connectivity index is 1.93. The van der Waals surface area contributed by atoms with Crippen LogP contribution in [-0.4, -0.2) is 16.1 Å². The number of rotatable bonds is 4. The molecular weight excluding hydrogens is 294 g/mol. The largest absolute Gasteiger partial charge is 0.348 e. The van der Waals surface area contributed by atoms with Crippen LogP contribution in [0, 0.1) is 0 Å². The molecule has 0 spiro atoms. The van der Waals surface area contributed by atoms with Crippen molar-refractivity contribution in [3.8, 4) is 0 Å². The minimum Gasteiger partial charge on any atom is -0.348 e. The van der Waals surface area contributed by atoms with Crippen molar-refractivity contribution < 1.29 is 4.79 Å². The topological polar surface area (TPSA) is 54.9 Å². The molecule has 0 fully saturated rings. The Kier molecular flexibility index (Phi) is 4.41. The van der Waals surface area contributed by atoms with Gasteiger partial charge in [-0.25, -0.2) is 0 Å². The number of aromatic nitrogens is 2. The maximum atomic E-state index is 11.8. The van der Waals surface area contributed by atoms with E-state index in [4.69, 9.17) is 0 Å². The minimum absolute atomic E-state index is 0.144. The van der Waals surface area contributed by atoms with E-state index >= 15 is 0 Å². The Bertz CT molecular complexity index is 514. The predicted molar refractivity (Wildman–Crippen MR) is 72.3 cm³/mol. The summed E-state index contributed by atoms with van der Waals surface area (Å²) in [6.07, 6.45) is 2.95. The fourth-order valence-electron chi connectivity index (χ4n) is 1.46. The fraction of sp³-hybridized carbons (Fsp3) is 0.154. The number of alkyl halides is 1. The van der Waals surface area contributed by atoms with Gasteiger partial charge in [-0.1, -0.05) is 40.2 Å². The second-order valence-corrected chi connectivity index (χ2v) is 4.32. The summed E-state index contributed by atoms with van der Waals surface area (Å²) in [4.78, 5) is 11.8. The van der Waals surface area contributed by atoms with Crippen molar-refractivity contribution in [2.24, 2.45) is 0 Å². The van der Waals surface area contributed by atoms with Gasteiger partial charge in [0.1, 0.15) is 0 Å². The zero-order valence-corrected chi connectivity index (χ0v) is 11.2. The number of carbonyl (C=O) groups is 1. The van der Waals surface area contributed by atoms with Crippen molar-refractivity contribution in [1.29, 1.82) is 0 Å². The van der Waals surface area contributed by atoms with E-state index in [-0.39, 0.29) is 5.91 Å². The second kappa shape index (κ2) is 6.26. The van der Waals surface area contributed by atoms with E-state index in [1.54, 1.807) is 6.07 Å². The Morgan fingerprint density at radius 1 is 1.11 bits per heavy atom. The van der Waals surface area contributed by atoms with Gasteiger partial charge in [-0.05, 0) is 17.2 Å². The van der Waals surface area contributed by atoms with E-state index in [1.165, 1.54) is 18.0 Å². The van der Waals surface area contributed by atoms with Crippen LogP contribution in [0.4, 0.5) is 0 Å². The van der Waals surface area contributed by atoms with Crippen molar-refractivity contribution in [3.05, 3.63) is 59.4 Å². The maximum Gasteiger partial charge on any atom is 0.253 e. The van der Waals surface area contributed by atoms with E-state index in [9.17, 15) is 4.79 Å². The molecular formula is C13H12BrN3O. The molecule has 18 heavy (non-hydrogen) atoms. The maximum absolute atomic E-state index is 11.8. The molecule has 0 aliphatic rings. The number of carbonyl (C=O) groups excluding carboxylic acids is 1. The van der Waals surface area contributed by atoms with Gasteiger partial charge in [-0.15, -0.1) is 0 Å². The molecule has 4 nitrogen and oxygen atoms in total. The summed E-state index contributed by atoms with van der Waals surface area (Å²) in [5.41, 5.74) is 2.79. The van der Waals surface area contributed by atoms with Gasteiger partial charge in [0, 0.05) is 11.9 Å². The molecule has 1 N–H and O–H groups in total. The Morgan fingerprint density at radius 2 is 1.83 bits per heavy atom. The third kappa shape index (κ3) is 3.37. The lowest BCUT2D eigenvalue weighted by Crippen LogP contribution is -2.22. The fourth-order valence-corrected chi connectivity index (χ4v) is 1.83. The Morgan fingerprint density at radius 3 is 2.44 bits per heavy atom. The normalized spacial score (nSPS) is 10.1. The summed E-state index contributed by atoms with van der Waals surface area (Å²) in [5, 5.41) is 11.0. The quantitative estimate of drug-likeness (QED) is 0.882. The van der Waals surface area contributed by atoms with Crippen molar-refractivity contribution in [2.45, 2.75) is 11.9 Å². The highest BCUT2D eigenvalue weighted by molar-refractivity contribution is 9.08. The average Bonchev–Trinajstić information content (AvgIpc) is 2.46. The van der Waals surface area contributed by atoms with Crippen molar-refractivity contribution in [1.82, 2.24) is 15.5 Å². The van der Waals surface area contributed by atoms with Gasteiger partial charge in [-0.3, -0.25) is 4.79 Å². The number of amides is 1. The molecule has 0 saturated heterocycles. The molecule has 1 amide bonds. The molecule has 0 aliphatic heterocycles. The summed E-state index contributed by atoms with van der Waals surface area (Å²) >= 11 is 3.39. The number of hydrogen-bond acceptors (Lipinski definition) is 3. The van der Waals surface area contributed by atoms with Crippen LogP contribution < -0.4 is 5.32 Å². The number of benzene rings is 1. The van der Waals surface area contributed by atoms with Crippen molar-refractivity contribution in [2.75, 3.05) is 0 Å². The van der Waals surface area contributed by atoms with Crippen LogP contribution in [0.1, 0.15) is 21.5 Å². The van der Waals surface area contributed by atoms with Crippen LogP contribution in [0.5, 0.6) is 0 Å². The first kappa shape index (κ1) is 12.7. The van der Waals surface area contributed by atoms with Crippen molar-refractivity contribution >= 4 is 21.8 Å². The van der Waals surface area contributed by atoms with E-state index in [2.05, 4.69) is 31.4 Å². The van der Waals surface area contributed by atoms with Gasteiger partial charge >= 0.3 is 0 Å². The molecule has 0 unspecified atom stereocenters. The highest BCUT2D eigenvalue weighted by atomic mass is 79.9. The van der Waals surface area contributed by atoms with Gasteiger partial charge in [0.15, 0.2) is 0 Å². The molecule has 2 aromatic rings. The summed E-state index contributed by atoms with van der Waals surface area (Å²) < 4.78 is 0. The summed E-state index contributed by atoms with van der Waals surface area (Å²) in [5.74, 6) is -0.144. The molecule has 0 radical (unpaired) electrons. The summed E-state index contributed by atoms with van der Waals surface area (Å²) in [7, 11) is 0. The molecule has 0 atom stereocenters. The molecule has 0 aliphatic carbocycles. The van der Waals surface area contributed by atoms with Crippen LogP contribution in [0.3, 0.4) is 0 Å². The van der Waals surface area contributed by atoms with Crippen LogP contribution in [0.2, 0.25) is 0 Å². The third-order valence-corrected chi connectivity index (χ3v) is 3.12. The first-order valence-corrected chi connectivity index (χ1v) is 6.60. The van der Waals surface area contributed by atoms with Crippen molar-refractivity contribution in [3.63, 3.8) is 0 Å². The molecule has 92 valence electrons. The molecule has 2 rings (SSSR count). The molecule has 1 heterocycles. The summed E-state index contributed by atoms with van der Waals surface area (Å²) in [6.45, 7) is 0.504. The molecule has 0 bridgehead atoms. The van der Waals surface area contributed by atoms with Crippen LogP contribution in [-0.2, 0) is 11.9 Å². The van der Waals surface area contributed by atoms with E-state index in [0.717, 1.165) is 10.9 Å². The van der Waals surface area contributed by atoms with E-state index in [1.807, 2.05) is 24.3 Å². The number of nitrogens with one attached hydrogen (secondary N) is 1. The molecule has 1 aromatic carbocycles. The SMILES string of the molecule is O=C(NCc1ccc(CBr)cc1)c1ccnnc1. The molecule has 0 saturated carbocycles. The number of halogens is 1. The average molecular weight is 306 g/mol. The second-order valence-electron chi connectivity index (χ2n) is 3.76. The minimum atomic E-state index is -0.144. The lowest BCUT2D eigenvalue weighted by molar-refractivity contribution is 0.0950. The third-order valence-electron chi connectivity index (χ3n) is 2.48. The predicted octanol–water partition coefficient (Wildman–Crippen LogP) is 2.30. The molecule has 1 aromatic heterocycles. The first-order valence-electron chi connectivity index (χ1n) is 5.48. The monoisotopic (exact) mass is 305 g/mol. The van der Waals surface area contributed by atoms with Crippen LogP contribution in [0.25, 0.3) is 0 Å². The van der Waals surface area contributed by atoms with Gasteiger partial charge < -0.3 is 5.32 Å². The number of hydrogen-bond donors (Lipinski definition) is 1. The van der Waals surface area contributed by atoms with Crippen LogP contribution >= 0.6 is 15.9 Å². The Hall–Kier alpha value is -1.75. The standard InChI is InChI=1S/C13H12BrN3O/c14-7-10-1-3-11(4-2-10)8-15-13(18)12-5-6-16-17-9-12/h1-6,9H,7-8H2,(H,15,18). The van der Waals surface area contributed by atoms with Gasteiger partial charge in [-0.2, -0.15) is 10.2 Å². The smallest absolute Gasteiger partial charge is 0.253 e. The lowest BCUT2D eigenvalue weighted by atomic mass is 10.1. The lowest BCUT2D eigenvalue weighted by Gasteiger charge is -2.05. The Labute approximate surface area is 114 Å². The van der Waals surface area contributed by atoms with Gasteiger partial charge in [0.25, 0.3) is 5.91 Å². The first-order chi connectivity index (χ1) is 8.79. The summed E-state index contributed by atoms with van der Waals surface area (Å²) in [6, 6.07) is 9.70. The van der Waals surface area contributed by atoms with E-state index < -0.39 is 0 Å².